The van der Waals surface area contributed by atoms with Gasteiger partial charge in [0.25, 0.3) is 0 Å². The molecule has 1 N–H and O–H groups in total. The zero-order valence-corrected chi connectivity index (χ0v) is 10.7. The van der Waals surface area contributed by atoms with Crippen molar-refractivity contribution in [3.8, 4) is 6.08 Å². The van der Waals surface area contributed by atoms with Gasteiger partial charge in [0.15, 0.2) is 0 Å². The van der Waals surface area contributed by atoms with Crippen molar-refractivity contribution in [2.24, 2.45) is 0 Å². The van der Waals surface area contributed by atoms with Crippen LogP contribution in [-0.4, -0.2) is 17.5 Å². The SMILES string of the molecule is CCCOc1nc2ccc(NC(C)=O)cc2c(=O)o1. The molecular weight excluding hydrogens is 248 g/mol. The molecule has 6 nitrogen and oxygen atoms in total. The number of carbonyl (C=O) groups is 1. The minimum atomic E-state index is -0.539. The minimum absolute atomic E-state index is 0.0355. The Bertz CT molecular complexity index is 663. The van der Waals surface area contributed by atoms with Crippen LogP contribution in [0.3, 0.4) is 0 Å². The number of nitrogens with zero attached hydrogens (tertiary/aromatic N) is 1. The maximum atomic E-state index is 11.8. The molecule has 0 aliphatic rings. The molecule has 6 heteroatoms. The molecule has 1 amide bonds. The quantitative estimate of drug-likeness (QED) is 0.910. The fourth-order valence-corrected chi connectivity index (χ4v) is 1.58. The number of anilines is 1. The van der Waals surface area contributed by atoms with Crippen LogP contribution in [0, 0.1) is 0 Å². The number of carbonyl (C=O) groups excluding carboxylic acids is 1. The molecule has 1 aromatic carbocycles. The van der Waals surface area contributed by atoms with E-state index in [1.165, 1.54) is 13.0 Å². The van der Waals surface area contributed by atoms with Crippen LogP contribution in [-0.2, 0) is 4.79 Å². The van der Waals surface area contributed by atoms with E-state index in [1.54, 1.807) is 12.1 Å². The third-order valence-electron chi connectivity index (χ3n) is 2.36. The number of aromatic nitrogens is 1. The number of rotatable bonds is 4. The molecule has 0 saturated carbocycles. The smallest absolute Gasteiger partial charge is 0.397 e. The van der Waals surface area contributed by atoms with E-state index in [0.29, 0.717) is 23.2 Å². The summed E-state index contributed by atoms with van der Waals surface area (Å²) in [7, 11) is 0. The molecular formula is C13H14N2O4. The Labute approximate surface area is 109 Å². The second-order valence-electron chi connectivity index (χ2n) is 4.03. The lowest BCUT2D eigenvalue weighted by molar-refractivity contribution is -0.114. The van der Waals surface area contributed by atoms with Crippen molar-refractivity contribution in [2.75, 3.05) is 11.9 Å². The second kappa shape index (κ2) is 5.51. The first-order valence-electron chi connectivity index (χ1n) is 5.95. The van der Waals surface area contributed by atoms with Crippen molar-refractivity contribution in [1.82, 2.24) is 4.98 Å². The molecule has 0 aliphatic carbocycles. The highest BCUT2D eigenvalue weighted by Gasteiger charge is 2.08. The van der Waals surface area contributed by atoms with Gasteiger partial charge in [-0.05, 0) is 24.6 Å². The van der Waals surface area contributed by atoms with Gasteiger partial charge in [0, 0.05) is 12.6 Å². The second-order valence-corrected chi connectivity index (χ2v) is 4.03. The number of hydrogen-bond acceptors (Lipinski definition) is 5. The maximum absolute atomic E-state index is 11.8. The minimum Gasteiger partial charge on any atom is -0.450 e. The Morgan fingerprint density at radius 2 is 2.26 bits per heavy atom. The molecule has 0 radical (unpaired) electrons. The van der Waals surface area contributed by atoms with Crippen molar-refractivity contribution in [1.29, 1.82) is 0 Å². The fraction of sp³-hybridized carbons (Fsp3) is 0.308. The number of benzene rings is 1. The van der Waals surface area contributed by atoms with Crippen LogP contribution in [0.5, 0.6) is 6.08 Å². The lowest BCUT2D eigenvalue weighted by Crippen LogP contribution is -2.08. The Balaban J connectivity index is 2.42. The van der Waals surface area contributed by atoms with Gasteiger partial charge in [-0.25, -0.2) is 4.79 Å². The summed E-state index contributed by atoms with van der Waals surface area (Å²) in [6, 6.07) is 4.83. The summed E-state index contributed by atoms with van der Waals surface area (Å²) in [5, 5.41) is 2.90. The van der Waals surface area contributed by atoms with Crippen molar-refractivity contribution >= 4 is 22.5 Å². The van der Waals surface area contributed by atoms with Gasteiger partial charge in [-0.1, -0.05) is 6.92 Å². The molecule has 0 aliphatic heterocycles. The normalized spacial score (nSPS) is 10.4. The molecule has 0 bridgehead atoms. The predicted octanol–water partition coefficient (Wildman–Crippen LogP) is 1.94. The molecule has 1 heterocycles. The lowest BCUT2D eigenvalue weighted by atomic mass is 10.2. The van der Waals surface area contributed by atoms with E-state index in [9.17, 15) is 9.59 Å². The Kier molecular flexibility index (Phi) is 3.79. The Morgan fingerprint density at radius 1 is 1.47 bits per heavy atom. The van der Waals surface area contributed by atoms with Crippen LogP contribution in [0.15, 0.2) is 27.4 Å². The summed E-state index contributed by atoms with van der Waals surface area (Å²) in [5.74, 6) is -0.209. The van der Waals surface area contributed by atoms with E-state index in [4.69, 9.17) is 9.15 Å². The number of ether oxygens (including phenoxy) is 1. The summed E-state index contributed by atoms with van der Waals surface area (Å²) < 4.78 is 10.1. The maximum Gasteiger partial charge on any atom is 0.397 e. The van der Waals surface area contributed by atoms with Crippen LogP contribution in [0.4, 0.5) is 5.69 Å². The molecule has 0 fully saturated rings. The first kappa shape index (κ1) is 13.1. The number of fused-ring (bicyclic) bond motifs is 1. The number of hydrogen-bond donors (Lipinski definition) is 1. The van der Waals surface area contributed by atoms with Gasteiger partial charge in [0.05, 0.1) is 17.5 Å². The van der Waals surface area contributed by atoms with Crippen molar-refractivity contribution < 1.29 is 13.9 Å². The van der Waals surface area contributed by atoms with Gasteiger partial charge in [-0.15, -0.1) is 0 Å². The van der Waals surface area contributed by atoms with Crippen LogP contribution in [0.2, 0.25) is 0 Å². The van der Waals surface area contributed by atoms with Crippen molar-refractivity contribution in [2.45, 2.75) is 20.3 Å². The summed E-state index contributed by atoms with van der Waals surface area (Å²) >= 11 is 0. The summed E-state index contributed by atoms with van der Waals surface area (Å²) in [6.07, 6.45) is 0.761. The van der Waals surface area contributed by atoms with E-state index in [-0.39, 0.29) is 12.0 Å². The number of amides is 1. The highest BCUT2D eigenvalue weighted by Crippen LogP contribution is 2.17. The molecule has 2 aromatic rings. The van der Waals surface area contributed by atoms with E-state index >= 15 is 0 Å². The first-order valence-corrected chi connectivity index (χ1v) is 5.95. The molecule has 0 spiro atoms. The van der Waals surface area contributed by atoms with Gasteiger partial charge in [0.1, 0.15) is 0 Å². The zero-order valence-electron chi connectivity index (χ0n) is 10.7. The van der Waals surface area contributed by atoms with Crippen LogP contribution < -0.4 is 15.7 Å². The molecule has 19 heavy (non-hydrogen) atoms. The van der Waals surface area contributed by atoms with E-state index in [1.807, 2.05) is 6.92 Å². The molecule has 0 unspecified atom stereocenters. The van der Waals surface area contributed by atoms with Gasteiger partial charge < -0.3 is 14.5 Å². The summed E-state index contributed by atoms with van der Waals surface area (Å²) in [5.41, 5.74) is 0.455. The van der Waals surface area contributed by atoms with Crippen LogP contribution in [0.25, 0.3) is 10.9 Å². The standard InChI is InChI=1S/C13H14N2O4/c1-3-6-18-13-15-11-5-4-9(14-8(2)16)7-10(11)12(17)19-13/h4-5,7H,3,6H2,1-2H3,(H,14,16). The van der Waals surface area contributed by atoms with E-state index in [2.05, 4.69) is 10.3 Å². The summed E-state index contributed by atoms with van der Waals surface area (Å²) in [6.45, 7) is 3.77. The summed E-state index contributed by atoms with van der Waals surface area (Å²) in [4.78, 5) is 26.9. The topological polar surface area (TPSA) is 81.4 Å². The van der Waals surface area contributed by atoms with E-state index in [0.717, 1.165) is 6.42 Å². The average molecular weight is 262 g/mol. The third kappa shape index (κ3) is 3.09. The predicted molar refractivity (Wildman–Crippen MR) is 70.4 cm³/mol. The molecule has 0 atom stereocenters. The van der Waals surface area contributed by atoms with E-state index < -0.39 is 5.63 Å². The monoisotopic (exact) mass is 262 g/mol. The molecule has 100 valence electrons. The van der Waals surface area contributed by atoms with Crippen LogP contribution in [0.1, 0.15) is 20.3 Å². The third-order valence-corrected chi connectivity index (χ3v) is 2.36. The van der Waals surface area contributed by atoms with Gasteiger partial charge in [-0.2, -0.15) is 4.98 Å². The molecule has 0 saturated heterocycles. The molecule has 2 rings (SSSR count). The number of nitrogens with one attached hydrogen (secondary N) is 1. The van der Waals surface area contributed by atoms with Crippen molar-refractivity contribution in [3.63, 3.8) is 0 Å². The lowest BCUT2D eigenvalue weighted by Gasteiger charge is -2.05. The van der Waals surface area contributed by atoms with Crippen LogP contribution >= 0.6 is 0 Å². The first-order chi connectivity index (χ1) is 9.10. The molecule has 1 aromatic heterocycles. The van der Waals surface area contributed by atoms with Crippen molar-refractivity contribution in [3.05, 3.63) is 28.6 Å². The highest BCUT2D eigenvalue weighted by atomic mass is 16.6. The Morgan fingerprint density at radius 3 is 2.95 bits per heavy atom. The average Bonchev–Trinajstić information content (AvgIpc) is 2.36. The van der Waals surface area contributed by atoms with Gasteiger partial charge in [0.2, 0.25) is 5.91 Å². The zero-order chi connectivity index (χ0) is 13.8. The Hall–Kier alpha value is -2.37. The largest absolute Gasteiger partial charge is 0.450 e. The van der Waals surface area contributed by atoms with Gasteiger partial charge in [-0.3, -0.25) is 4.79 Å². The highest BCUT2D eigenvalue weighted by molar-refractivity contribution is 5.91. The van der Waals surface area contributed by atoms with Gasteiger partial charge >= 0.3 is 11.7 Å². The fourth-order valence-electron chi connectivity index (χ4n) is 1.58.